The molecule has 3 rings (SSSR count). The molecular formula is C19H17N3O3. The first kappa shape index (κ1) is 16.8. The van der Waals surface area contributed by atoms with E-state index in [9.17, 15) is 14.7 Å². The van der Waals surface area contributed by atoms with Gasteiger partial charge in [-0.1, -0.05) is 24.3 Å². The normalized spacial score (nSPS) is 18.7. The van der Waals surface area contributed by atoms with Crippen LogP contribution >= 0.6 is 0 Å². The molecule has 0 saturated heterocycles. The van der Waals surface area contributed by atoms with E-state index in [0.29, 0.717) is 30.6 Å². The third kappa shape index (κ3) is 3.02. The molecule has 1 aliphatic rings. The molecule has 126 valence electrons. The topological polar surface area (TPSA) is 94.3 Å². The molecule has 1 aromatic heterocycles. The second kappa shape index (κ2) is 6.83. The average molecular weight is 335 g/mol. The van der Waals surface area contributed by atoms with Crippen LogP contribution in [-0.2, 0) is 10.4 Å². The van der Waals surface area contributed by atoms with Gasteiger partial charge in [-0.05, 0) is 24.6 Å². The summed E-state index contributed by atoms with van der Waals surface area (Å²) in [6, 6.07) is 13.9. The Kier molecular flexibility index (Phi) is 4.59. The molecule has 0 bridgehead atoms. The number of amides is 1. The number of rotatable bonds is 6. The van der Waals surface area contributed by atoms with Gasteiger partial charge in [-0.25, -0.2) is 0 Å². The standard InChI is InChI=1S/C19H17N3O3/c20-10-4-6-12-22-16-9-2-1-7-14(16)19(25,18(22)24)13-17(23)15-8-3-5-11-21-15/h1-3,5,7-9,11,25H,4,6,12-13H2. The fraction of sp³-hybridized carbons (Fsp3) is 0.263. The van der Waals surface area contributed by atoms with Crippen molar-refractivity contribution in [1.82, 2.24) is 4.98 Å². The Morgan fingerprint density at radius 1 is 1.24 bits per heavy atom. The van der Waals surface area contributed by atoms with Crippen LogP contribution in [0, 0.1) is 11.3 Å². The number of benzene rings is 1. The van der Waals surface area contributed by atoms with Gasteiger partial charge in [-0.15, -0.1) is 0 Å². The molecule has 0 fully saturated rings. The predicted octanol–water partition coefficient (Wildman–Crippen LogP) is 2.19. The Bertz CT molecular complexity index is 844. The lowest BCUT2D eigenvalue weighted by Gasteiger charge is -2.22. The molecule has 1 unspecified atom stereocenters. The van der Waals surface area contributed by atoms with Gasteiger partial charge in [0.2, 0.25) is 0 Å². The molecular weight excluding hydrogens is 318 g/mol. The van der Waals surface area contributed by atoms with Crippen molar-refractivity contribution in [3.63, 3.8) is 0 Å². The van der Waals surface area contributed by atoms with Crippen molar-refractivity contribution >= 4 is 17.4 Å². The zero-order valence-electron chi connectivity index (χ0n) is 13.6. The fourth-order valence-electron chi connectivity index (χ4n) is 3.07. The van der Waals surface area contributed by atoms with Crippen molar-refractivity contribution in [1.29, 1.82) is 5.26 Å². The average Bonchev–Trinajstić information content (AvgIpc) is 2.85. The van der Waals surface area contributed by atoms with E-state index in [4.69, 9.17) is 5.26 Å². The van der Waals surface area contributed by atoms with Crippen LogP contribution in [0.25, 0.3) is 0 Å². The number of ketones is 1. The first-order valence-corrected chi connectivity index (χ1v) is 8.03. The maximum Gasteiger partial charge on any atom is 0.264 e. The second-order valence-electron chi connectivity index (χ2n) is 5.91. The number of nitriles is 1. The summed E-state index contributed by atoms with van der Waals surface area (Å²) < 4.78 is 0. The van der Waals surface area contributed by atoms with Crippen molar-refractivity contribution in [3.8, 4) is 6.07 Å². The van der Waals surface area contributed by atoms with Crippen LogP contribution in [0.2, 0.25) is 0 Å². The molecule has 0 spiro atoms. The summed E-state index contributed by atoms with van der Waals surface area (Å²) in [5.41, 5.74) is -0.690. The zero-order chi connectivity index (χ0) is 17.9. The third-order valence-corrected chi connectivity index (χ3v) is 4.28. The van der Waals surface area contributed by atoms with Crippen LogP contribution in [-0.4, -0.2) is 28.3 Å². The number of hydrogen-bond donors (Lipinski definition) is 1. The molecule has 1 amide bonds. The lowest BCUT2D eigenvalue weighted by atomic mass is 9.89. The van der Waals surface area contributed by atoms with Gasteiger partial charge in [0.1, 0.15) is 5.69 Å². The van der Waals surface area contributed by atoms with Crippen molar-refractivity contribution in [3.05, 3.63) is 59.9 Å². The number of pyridine rings is 1. The molecule has 1 atom stereocenters. The maximum absolute atomic E-state index is 12.9. The lowest BCUT2D eigenvalue weighted by molar-refractivity contribution is -0.135. The molecule has 0 aliphatic carbocycles. The maximum atomic E-state index is 12.9. The van der Waals surface area contributed by atoms with Gasteiger partial charge in [0.25, 0.3) is 5.91 Å². The molecule has 25 heavy (non-hydrogen) atoms. The molecule has 1 aromatic carbocycles. The molecule has 2 aromatic rings. The molecule has 2 heterocycles. The second-order valence-corrected chi connectivity index (χ2v) is 5.91. The number of para-hydroxylation sites is 1. The molecule has 1 N–H and O–H groups in total. The Morgan fingerprint density at radius 3 is 2.72 bits per heavy atom. The largest absolute Gasteiger partial charge is 0.375 e. The zero-order valence-corrected chi connectivity index (χ0v) is 13.6. The molecule has 0 saturated carbocycles. The third-order valence-electron chi connectivity index (χ3n) is 4.28. The highest BCUT2D eigenvalue weighted by Gasteiger charge is 2.50. The van der Waals surface area contributed by atoms with E-state index in [1.165, 1.54) is 11.1 Å². The lowest BCUT2D eigenvalue weighted by Crippen LogP contribution is -2.42. The van der Waals surface area contributed by atoms with Crippen molar-refractivity contribution in [2.24, 2.45) is 0 Å². The van der Waals surface area contributed by atoms with Crippen LogP contribution in [0.5, 0.6) is 0 Å². The monoisotopic (exact) mass is 335 g/mol. The number of hydrogen-bond acceptors (Lipinski definition) is 5. The molecule has 6 nitrogen and oxygen atoms in total. The predicted molar refractivity (Wildman–Crippen MR) is 90.7 cm³/mol. The first-order valence-electron chi connectivity index (χ1n) is 8.03. The van der Waals surface area contributed by atoms with Gasteiger partial charge >= 0.3 is 0 Å². The summed E-state index contributed by atoms with van der Waals surface area (Å²) in [6.07, 6.45) is 1.95. The van der Waals surface area contributed by atoms with Crippen molar-refractivity contribution in [2.75, 3.05) is 11.4 Å². The summed E-state index contributed by atoms with van der Waals surface area (Å²) in [4.78, 5) is 30.8. The Morgan fingerprint density at radius 2 is 2.00 bits per heavy atom. The smallest absolute Gasteiger partial charge is 0.264 e. The van der Waals surface area contributed by atoms with Gasteiger partial charge in [-0.2, -0.15) is 5.26 Å². The van der Waals surface area contributed by atoms with Crippen LogP contribution in [0.15, 0.2) is 48.7 Å². The minimum atomic E-state index is -1.90. The number of fused-ring (bicyclic) bond motifs is 1. The summed E-state index contributed by atoms with van der Waals surface area (Å²) in [6.45, 7) is 0.323. The number of Topliss-reactive ketones (excluding diaryl/α,β-unsaturated/α-hetero) is 1. The van der Waals surface area contributed by atoms with Crippen molar-refractivity contribution < 1.29 is 14.7 Å². The van der Waals surface area contributed by atoms with Crippen LogP contribution < -0.4 is 4.90 Å². The van der Waals surface area contributed by atoms with Gasteiger partial charge in [0.05, 0.1) is 18.2 Å². The first-order chi connectivity index (χ1) is 12.1. The van der Waals surface area contributed by atoms with Crippen LogP contribution in [0.3, 0.4) is 0 Å². The molecule has 1 aliphatic heterocycles. The van der Waals surface area contributed by atoms with Gasteiger partial charge in [0.15, 0.2) is 11.4 Å². The highest BCUT2D eigenvalue weighted by atomic mass is 16.3. The van der Waals surface area contributed by atoms with Gasteiger partial charge < -0.3 is 10.0 Å². The van der Waals surface area contributed by atoms with Crippen molar-refractivity contribution in [2.45, 2.75) is 24.9 Å². The Balaban J connectivity index is 1.91. The number of anilines is 1. The van der Waals surface area contributed by atoms with Crippen LogP contribution in [0.1, 0.15) is 35.3 Å². The van der Waals surface area contributed by atoms with E-state index < -0.39 is 17.3 Å². The quantitative estimate of drug-likeness (QED) is 0.645. The molecule has 0 radical (unpaired) electrons. The Labute approximate surface area is 145 Å². The van der Waals surface area contributed by atoms with E-state index in [-0.39, 0.29) is 12.1 Å². The van der Waals surface area contributed by atoms with Crippen LogP contribution in [0.4, 0.5) is 5.69 Å². The summed E-state index contributed by atoms with van der Waals surface area (Å²) in [5.74, 6) is -0.930. The number of carbonyl (C=O) groups excluding carboxylic acids is 2. The SMILES string of the molecule is N#CCCCN1C(=O)C(O)(CC(=O)c2ccccn2)c2ccccc21. The van der Waals surface area contributed by atoms with E-state index in [1.54, 1.807) is 42.5 Å². The van der Waals surface area contributed by atoms with E-state index >= 15 is 0 Å². The van der Waals surface area contributed by atoms with E-state index in [2.05, 4.69) is 4.98 Å². The fourth-order valence-corrected chi connectivity index (χ4v) is 3.07. The summed E-state index contributed by atoms with van der Waals surface area (Å²) in [7, 11) is 0. The Hall–Kier alpha value is -3.04. The minimum Gasteiger partial charge on any atom is -0.375 e. The van der Waals surface area contributed by atoms with E-state index in [1.807, 2.05) is 6.07 Å². The van der Waals surface area contributed by atoms with Gasteiger partial charge in [-0.3, -0.25) is 14.6 Å². The minimum absolute atomic E-state index is 0.212. The molecule has 6 heteroatoms. The number of nitrogens with zero attached hydrogens (tertiary/aromatic N) is 3. The number of carbonyl (C=O) groups is 2. The summed E-state index contributed by atoms with van der Waals surface area (Å²) >= 11 is 0. The highest BCUT2D eigenvalue weighted by Crippen LogP contribution is 2.42. The highest BCUT2D eigenvalue weighted by molar-refractivity contribution is 6.10. The number of aliphatic hydroxyl groups is 1. The van der Waals surface area contributed by atoms with E-state index in [0.717, 1.165) is 0 Å². The van der Waals surface area contributed by atoms with Gasteiger partial charge in [0, 0.05) is 24.7 Å². The number of aromatic nitrogens is 1. The number of unbranched alkanes of at least 4 members (excludes halogenated alkanes) is 1. The summed E-state index contributed by atoms with van der Waals surface area (Å²) in [5, 5.41) is 19.8.